The van der Waals surface area contributed by atoms with E-state index in [4.69, 9.17) is 0 Å². The summed E-state index contributed by atoms with van der Waals surface area (Å²) >= 11 is 0. The Labute approximate surface area is 128 Å². The summed E-state index contributed by atoms with van der Waals surface area (Å²) in [6.45, 7) is 3.80. The first-order valence-corrected chi connectivity index (χ1v) is 8.64. The van der Waals surface area contributed by atoms with E-state index in [9.17, 15) is 8.42 Å². The monoisotopic (exact) mass is 316 g/mol. The van der Waals surface area contributed by atoms with Gasteiger partial charge in [-0.3, -0.25) is 4.72 Å². The Balaban J connectivity index is 2.19. The average Bonchev–Trinajstić information content (AvgIpc) is 2.77. The van der Waals surface area contributed by atoms with Crippen LogP contribution in [0.25, 0.3) is 16.7 Å². The summed E-state index contributed by atoms with van der Waals surface area (Å²) in [5.74, 6) is 0.956. The van der Waals surface area contributed by atoms with Crippen molar-refractivity contribution in [1.82, 2.24) is 14.8 Å². The Morgan fingerprint density at radius 3 is 2.59 bits per heavy atom. The number of aromatic nitrogens is 3. The lowest BCUT2D eigenvalue weighted by Crippen LogP contribution is -2.14. The van der Waals surface area contributed by atoms with Gasteiger partial charge in [-0.25, -0.2) is 13.4 Å². The number of rotatable bonds is 3. The summed E-state index contributed by atoms with van der Waals surface area (Å²) in [5.41, 5.74) is 2.61. The molecule has 0 spiro atoms. The molecule has 0 saturated heterocycles. The van der Waals surface area contributed by atoms with Gasteiger partial charge in [-0.05, 0) is 31.5 Å². The topological polar surface area (TPSA) is 76.9 Å². The molecule has 0 amide bonds. The van der Waals surface area contributed by atoms with Gasteiger partial charge in [0, 0.05) is 11.5 Å². The normalized spacial score (nSPS) is 11.8. The summed E-state index contributed by atoms with van der Waals surface area (Å²) < 4.78 is 27.0. The number of anilines is 1. The van der Waals surface area contributed by atoms with Gasteiger partial charge in [0.2, 0.25) is 10.0 Å². The molecule has 0 atom stereocenters. The maximum atomic E-state index is 11.5. The van der Waals surface area contributed by atoms with E-state index in [1.165, 1.54) is 4.68 Å². The minimum Gasteiger partial charge on any atom is -0.267 e. The number of para-hydroxylation sites is 1. The molecule has 6 nitrogen and oxygen atoms in total. The number of fused-ring (bicyclic) bond motifs is 1. The van der Waals surface area contributed by atoms with Crippen LogP contribution in [0.3, 0.4) is 0 Å². The smallest absolute Gasteiger partial charge is 0.230 e. The van der Waals surface area contributed by atoms with Crippen LogP contribution in [-0.2, 0) is 10.0 Å². The van der Waals surface area contributed by atoms with Crippen LogP contribution in [0.1, 0.15) is 11.3 Å². The molecular formula is C15H16N4O2S. The Bertz CT molecular complexity index is 961. The van der Waals surface area contributed by atoms with E-state index in [0.717, 1.165) is 22.7 Å². The second kappa shape index (κ2) is 5.10. The number of nitrogens with zero attached hydrogens (tertiary/aromatic N) is 3. The van der Waals surface area contributed by atoms with Gasteiger partial charge in [0.15, 0.2) is 5.82 Å². The summed E-state index contributed by atoms with van der Waals surface area (Å²) in [5, 5.41) is 5.40. The Kier molecular flexibility index (Phi) is 3.37. The molecule has 0 radical (unpaired) electrons. The van der Waals surface area contributed by atoms with Crippen LogP contribution in [-0.4, -0.2) is 29.4 Å². The second-order valence-electron chi connectivity index (χ2n) is 5.27. The van der Waals surface area contributed by atoms with Crippen LogP contribution in [0.4, 0.5) is 5.82 Å². The number of hydrogen-bond acceptors (Lipinski definition) is 4. The van der Waals surface area contributed by atoms with E-state index in [0.29, 0.717) is 17.3 Å². The number of benzene rings is 1. The van der Waals surface area contributed by atoms with E-state index in [1.54, 1.807) is 13.0 Å². The highest BCUT2D eigenvalue weighted by Crippen LogP contribution is 2.22. The lowest BCUT2D eigenvalue weighted by atomic mass is 10.1. The van der Waals surface area contributed by atoms with Crippen molar-refractivity contribution in [3.8, 4) is 5.82 Å². The van der Waals surface area contributed by atoms with Gasteiger partial charge in [0.25, 0.3) is 0 Å². The molecule has 2 aromatic heterocycles. The molecule has 0 aliphatic rings. The van der Waals surface area contributed by atoms with Crippen molar-refractivity contribution in [2.24, 2.45) is 0 Å². The minimum atomic E-state index is -3.39. The van der Waals surface area contributed by atoms with Gasteiger partial charge in [0.1, 0.15) is 5.82 Å². The summed E-state index contributed by atoms with van der Waals surface area (Å²) in [4.78, 5) is 4.58. The fourth-order valence-corrected chi connectivity index (χ4v) is 2.90. The molecule has 0 fully saturated rings. The lowest BCUT2D eigenvalue weighted by Gasteiger charge is -2.10. The van der Waals surface area contributed by atoms with E-state index < -0.39 is 10.0 Å². The highest BCUT2D eigenvalue weighted by molar-refractivity contribution is 7.92. The summed E-state index contributed by atoms with van der Waals surface area (Å²) in [6, 6.07) is 11.4. The first-order chi connectivity index (χ1) is 10.3. The SMILES string of the molecule is Cc1cc(NS(C)(=O)=O)n(-c2cc(C)c3ccccc3n2)n1. The molecule has 2 heterocycles. The first-order valence-electron chi connectivity index (χ1n) is 6.75. The zero-order valence-electron chi connectivity index (χ0n) is 12.5. The van der Waals surface area contributed by atoms with Crippen molar-refractivity contribution in [3.05, 3.63) is 47.7 Å². The van der Waals surface area contributed by atoms with Crippen LogP contribution in [0.15, 0.2) is 36.4 Å². The third kappa shape index (κ3) is 2.80. The summed E-state index contributed by atoms with van der Waals surface area (Å²) in [6.07, 6.45) is 1.11. The van der Waals surface area contributed by atoms with Gasteiger partial charge in [0.05, 0.1) is 17.5 Å². The van der Waals surface area contributed by atoms with Crippen molar-refractivity contribution in [2.75, 3.05) is 11.0 Å². The number of hydrogen-bond donors (Lipinski definition) is 1. The van der Waals surface area contributed by atoms with Gasteiger partial charge in [-0.2, -0.15) is 9.78 Å². The molecule has 1 aromatic carbocycles. The van der Waals surface area contributed by atoms with Crippen molar-refractivity contribution in [1.29, 1.82) is 0 Å². The quantitative estimate of drug-likeness (QED) is 0.805. The largest absolute Gasteiger partial charge is 0.267 e. The molecule has 22 heavy (non-hydrogen) atoms. The van der Waals surface area contributed by atoms with Crippen LogP contribution >= 0.6 is 0 Å². The fourth-order valence-electron chi connectivity index (χ4n) is 2.38. The van der Waals surface area contributed by atoms with E-state index in [-0.39, 0.29) is 0 Å². The van der Waals surface area contributed by atoms with E-state index in [2.05, 4.69) is 14.8 Å². The van der Waals surface area contributed by atoms with Gasteiger partial charge >= 0.3 is 0 Å². The van der Waals surface area contributed by atoms with Crippen molar-refractivity contribution in [3.63, 3.8) is 0 Å². The Morgan fingerprint density at radius 2 is 1.86 bits per heavy atom. The molecular weight excluding hydrogens is 300 g/mol. The van der Waals surface area contributed by atoms with E-state index >= 15 is 0 Å². The molecule has 0 bridgehead atoms. The molecule has 114 valence electrons. The Hall–Kier alpha value is -2.41. The molecule has 7 heteroatoms. The van der Waals surface area contributed by atoms with Crippen LogP contribution in [0.2, 0.25) is 0 Å². The van der Waals surface area contributed by atoms with Crippen LogP contribution < -0.4 is 4.72 Å². The van der Waals surface area contributed by atoms with Crippen molar-refractivity contribution in [2.45, 2.75) is 13.8 Å². The molecule has 0 saturated carbocycles. The average molecular weight is 316 g/mol. The number of sulfonamides is 1. The highest BCUT2D eigenvalue weighted by atomic mass is 32.2. The van der Waals surface area contributed by atoms with Crippen molar-refractivity contribution >= 4 is 26.7 Å². The molecule has 3 rings (SSSR count). The minimum absolute atomic E-state index is 0.377. The number of aryl methyl sites for hydroxylation is 2. The third-order valence-electron chi connectivity index (χ3n) is 3.25. The Morgan fingerprint density at radius 1 is 1.14 bits per heavy atom. The fraction of sp³-hybridized carbons (Fsp3) is 0.200. The predicted octanol–water partition coefficient (Wildman–Crippen LogP) is 2.41. The van der Waals surface area contributed by atoms with Gasteiger partial charge in [-0.1, -0.05) is 18.2 Å². The molecule has 0 aliphatic heterocycles. The first kappa shape index (κ1) is 14.5. The molecule has 3 aromatic rings. The van der Waals surface area contributed by atoms with Crippen molar-refractivity contribution < 1.29 is 8.42 Å². The standard InChI is InChI=1S/C15H16N4O2S/c1-10-8-14(16-13-7-5-4-6-12(10)13)19-15(9-11(2)17-19)18-22(3,20)21/h4-9,18H,1-3H3. The van der Waals surface area contributed by atoms with Gasteiger partial charge in [-0.15, -0.1) is 0 Å². The lowest BCUT2D eigenvalue weighted by molar-refractivity contribution is 0.606. The summed E-state index contributed by atoms with van der Waals surface area (Å²) in [7, 11) is -3.39. The molecule has 0 aliphatic carbocycles. The second-order valence-corrected chi connectivity index (χ2v) is 7.02. The maximum absolute atomic E-state index is 11.5. The zero-order valence-corrected chi connectivity index (χ0v) is 13.3. The van der Waals surface area contributed by atoms with Crippen LogP contribution in [0, 0.1) is 13.8 Å². The van der Waals surface area contributed by atoms with E-state index in [1.807, 2.05) is 37.3 Å². The number of pyridine rings is 1. The highest BCUT2D eigenvalue weighted by Gasteiger charge is 2.13. The maximum Gasteiger partial charge on any atom is 0.230 e. The molecule has 0 unspecified atom stereocenters. The zero-order chi connectivity index (χ0) is 15.9. The predicted molar refractivity (Wildman–Crippen MR) is 86.8 cm³/mol. The molecule has 1 N–H and O–H groups in total. The van der Waals surface area contributed by atoms with Crippen LogP contribution in [0.5, 0.6) is 0 Å². The third-order valence-corrected chi connectivity index (χ3v) is 3.83. The number of nitrogens with one attached hydrogen (secondary N) is 1. The van der Waals surface area contributed by atoms with Gasteiger partial charge < -0.3 is 0 Å².